The zero-order valence-electron chi connectivity index (χ0n) is 10.0. The number of aromatic nitrogens is 1. The first kappa shape index (κ1) is 12.3. The minimum absolute atomic E-state index is 0.210. The molecule has 2 rings (SSSR count). The van der Waals surface area contributed by atoms with Gasteiger partial charge in [0, 0.05) is 17.6 Å². The van der Waals surface area contributed by atoms with Gasteiger partial charge in [-0.3, -0.25) is 4.79 Å². The topological polar surface area (TPSA) is 48.3 Å². The Kier molecular flexibility index (Phi) is 3.14. The standard InChI is InChI=1S/C13H12FNO3/c1-8(13(17)18-2)15-6-5-12(16)10-4-3-9(14)7-11(10)15/h3-8H,1-2H3. The molecule has 2 aromatic rings. The first-order chi connectivity index (χ1) is 8.54. The summed E-state index contributed by atoms with van der Waals surface area (Å²) in [7, 11) is 1.28. The van der Waals surface area contributed by atoms with Crippen LogP contribution in [-0.4, -0.2) is 17.6 Å². The van der Waals surface area contributed by atoms with Gasteiger partial charge in [0.25, 0.3) is 0 Å². The van der Waals surface area contributed by atoms with Crippen LogP contribution in [0.1, 0.15) is 13.0 Å². The summed E-state index contributed by atoms with van der Waals surface area (Å²) in [6.07, 6.45) is 1.46. The van der Waals surface area contributed by atoms with Crippen LogP contribution in [0.15, 0.2) is 35.3 Å². The molecule has 0 fully saturated rings. The molecule has 1 atom stereocenters. The maximum atomic E-state index is 13.3. The lowest BCUT2D eigenvalue weighted by Gasteiger charge is -2.16. The van der Waals surface area contributed by atoms with Gasteiger partial charge in [-0.2, -0.15) is 0 Å². The largest absolute Gasteiger partial charge is 0.467 e. The summed E-state index contributed by atoms with van der Waals surface area (Å²) in [6, 6.07) is 4.58. The minimum Gasteiger partial charge on any atom is -0.467 e. The number of hydrogen-bond donors (Lipinski definition) is 0. The fraction of sp³-hybridized carbons (Fsp3) is 0.231. The van der Waals surface area contributed by atoms with Gasteiger partial charge in [0.15, 0.2) is 5.43 Å². The lowest BCUT2D eigenvalue weighted by atomic mass is 10.2. The van der Waals surface area contributed by atoms with Gasteiger partial charge in [-0.25, -0.2) is 9.18 Å². The van der Waals surface area contributed by atoms with Crippen LogP contribution in [0.3, 0.4) is 0 Å². The van der Waals surface area contributed by atoms with Gasteiger partial charge in [-0.05, 0) is 25.1 Å². The van der Waals surface area contributed by atoms with E-state index >= 15 is 0 Å². The lowest BCUT2D eigenvalue weighted by molar-refractivity contribution is -0.143. The normalized spacial score (nSPS) is 12.4. The summed E-state index contributed by atoms with van der Waals surface area (Å²) in [5, 5.41) is 0.370. The number of carbonyl (C=O) groups excluding carboxylic acids is 1. The number of halogens is 1. The Morgan fingerprint density at radius 1 is 1.39 bits per heavy atom. The average Bonchev–Trinajstić information content (AvgIpc) is 2.37. The predicted octanol–water partition coefficient (Wildman–Crippen LogP) is 1.87. The van der Waals surface area contributed by atoms with Gasteiger partial charge >= 0.3 is 5.97 Å². The van der Waals surface area contributed by atoms with Crippen LogP contribution in [0.2, 0.25) is 0 Å². The van der Waals surface area contributed by atoms with Crippen molar-refractivity contribution in [3.8, 4) is 0 Å². The van der Waals surface area contributed by atoms with Crippen molar-refractivity contribution in [3.05, 3.63) is 46.5 Å². The molecule has 94 valence electrons. The molecule has 5 heteroatoms. The quantitative estimate of drug-likeness (QED) is 0.763. The van der Waals surface area contributed by atoms with Crippen molar-refractivity contribution in [1.29, 1.82) is 0 Å². The second kappa shape index (κ2) is 4.60. The molecule has 0 radical (unpaired) electrons. The molecule has 0 saturated heterocycles. The molecule has 0 saturated carbocycles. The Hall–Kier alpha value is -2.17. The summed E-state index contributed by atoms with van der Waals surface area (Å²) in [5.74, 6) is -0.914. The second-order valence-electron chi connectivity index (χ2n) is 3.95. The van der Waals surface area contributed by atoms with Gasteiger partial charge < -0.3 is 9.30 Å². The molecule has 18 heavy (non-hydrogen) atoms. The van der Waals surface area contributed by atoms with Crippen LogP contribution in [0, 0.1) is 5.82 Å². The number of pyridine rings is 1. The van der Waals surface area contributed by atoms with Gasteiger partial charge in [-0.1, -0.05) is 0 Å². The Bertz CT molecular complexity index is 663. The fourth-order valence-corrected chi connectivity index (χ4v) is 1.87. The third-order valence-corrected chi connectivity index (χ3v) is 2.85. The van der Waals surface area contributed by atoms with E-state index in [1.807, 2.05) is 0 Å². The summed E-state index contributed by atoms with van der Waals surface area (Å²) in [4.78, 5) is 23.2. The Balaban J connectivity index is 2.72. The maximum Gasteiger partial charge on any atom is 0.328 e. The number of carbonyl (C=O) groups is 1. The molecule has 1 heterocycles. The Labute approximate surface area is 103 Å². The molecule has 1 unspecified atom stereocenters. The van der Waals surface area contributed by atoms with Crippen LogP contribution in [0.25, 0.3) is 10.9 Å². The van der Waals surface area contributed by atoms with Crippen molar-refractivity contribution in [2.24, 2.45) is 0 Å². The van der Waals surface area contributed by atoms with Gasteiger partial charge in [-0.15, -0.1) is 0 Å². The Morgan fingerprint density at radius 3 is 2.78 bits per heavy atom. The highest BCUT2D eigenvalue weighted by atomic mass is 19.1. The van der Waals surface area contributed by atoms with Crippen molar-refractivity contribution in [2.45, 2.75) is 13.0 Å². The summed E-state index contributed by atoms with van der Waals surface area (Å²) in [6.45, 7) is 1.63. The second-order valence-corrected chi connectivity index (χ2v) is 3.95. The van der Waals surface area contributed by atoms with Crippen molar-refractivity contribution in [3.63, 3.8) is 0 Å². The van der Waals surface area contributed by atoms with E-state index in [0.717, 1.165) is 0 Å². The molecule has 0 bridgehead atoms. The van der Waals surface area contributed by atoms with Crippen molar-refractivity contribution in [1.82, 2.24) is 4.57 Å². The van der Waals surface area contributed by atoms with E-state index in [1.54, 1.807) is 6.92 Å². The number of hydrogen-bond acceptors (Lipinski definition) is 3. The monoisotopic (exact) mass is 249 g/mol. The average molecular weight is 249 g/mol. The maximum absolute atomic E-state index is 13.3. The smallest absolute Gasteiger partial charge is 0.328 e. The molecular formula is C13H12FNO3. The molecular weight excluding hydrogens is 237 g/mol. The zero-order valence-corrected chi connectivity index (χ0v) is 10.0. The van der Waals surface area contributed by atoms with Crippen molar-refractivity contribution in [2.75, 3.05) is 7.11 Å². The van der Waals surface area contributed by atoms with Crippen LogP contribution in [-0.2, 0) is 9.53 Å². The molecule has 0 amide bonds. The van der Waals surface area contributed by atoms with Crippen molar-refractivity contribution < 1.29 is 13.9 Å². The molecule has 4 nitrogen and oxygen atoms in total. The predicted molar refractivity (Wildman–Crippen MR) is 64.9 cm³/mol. The third-order valence-electron chi connectivity index (χ3n) is 2.85. The molecule has 1 aromatic heterocycles. The van der Waals surface area contributed by atoms with E-state index in [-0.39, 0.29) is 5.43 Å². The number of nitrogens with zero attached hydrogens (tertiary/aromatic N) is 1. The zero-order chi connectivity index (χ0) is 13.3. The highest BCUT2D eigenvalue weighted by Gasteiger charge is 2.17. The summed E-state index contributed by atoms with van der Waals surface area (Å²) < 4.78 is 19.4. The van der Waals surface area contributed by atoms with E-state index in [9.17, 15) is 14.0 Å². The fourth-order valence-electron chi connectivity index (χ4n) is 1.87. The van der Waals surface area contributed by atoms with E-state index < -0.39 is 17.8 Å². The molecule has 0 aliphatic heterocycles. The van der Waals surface area contributed by atoms with Crippen LogP contribution >= 0.6 is 0 Å². The van der Waals surface area contributed by atoms with Crippen LogP contribution in [0.4, 0.5) is 4.39 Å². The molecule has 0 spiro atoms. The number of benzene rings is 1. The highest BCUT2D eigenvalue weighted by Crippen LogP contribution is 2.17. The lowest BCUT2D eigenvalue weighted by Crippen LogP contribution is -2.20. The first-order valence-electron chi connectivity index (χ1n) is 5.43. The molecule has 0 aliphatic carbocycles. The van der Waals surface area contributed by atoms with Gasteiger partial charge in [0.05, 0.1) is 12.6 Å². The summed E-state index contributed by atoms with van der Waals surface area (Å²) in [5.41, 5.74) is 0.165. The molecule has 1 aromatic carbocycles. The van der Waals surface area contributed by atoms with E-state index in [4.69, 9.17) is 0 Å². The van der Waals surface area contributed by atoms with E-state index in [2.05, 4.69) is 4.74 Å². The number of fused-ring (bicyclic) bond motifs is 1. The number of esters is 1. The van der Waals surface area contributed by atoms with Gasteiger partial charge in [0.1, 0.15) is 11.9 Å². The van der Waals surface area contributed by atoms with Gasteiger partial charge in [0.2, 0.25) is 0 Å². The Morgan fingerprint density at radius 2 is 2.11 bits per heavy atom. The summed E-state index contributed by atoms with van der Waals surface area (Å²) >= 11 is 0. The first-order valence-corrected chi connectivity index (χ1v) is 5.43. The number of ether oxygens (including phenoxy) is 1. The SMILES string of the molecule is COC(=O)C(C)n1ccc(=O)c2ccc(F)cc21. The number of methoxy groups -OCH3 is 1. The van der Waals surface area contributed by atoms with E-state index in [0.29, 0.717) is 10.9 Å². The number of rotatable bonds is 2. The van der Waals surface area contributed by atoms with Crippen molar-refractivity contribution >= 4 is 16.9 Å². The van der Waals surface area contributed by atoms with Crippen LogP contribution < -0.4 is 5.43 Å². The molecule has 0 aliphatic rings. The third kappa shape index (κ3) is 1.99. The van der Waals surface area contributed by atoms with E-state index in [1.165, 1.54) is 42.1 Å². The van der Waals surface area contributed by atoms with Crippen LogP contribution in [0.5, 0.6) is 0 Å². The minimum atomic E-state index is -0.625. The molecule has 0 N–H and O–H groups in total. The highest BCUT2D eigenvalue weighted by molar-refractivity contribution is 5.82.